The first-order valence-corrected chi connectivity index (χ1v) is 5.86. The number of hydrogen-bond donors (Lipinski definition) is 1. The Morgan fingerprint density at radius 2 is 2.00 bits per heavy atom. The van der Waals surface area contributed by atoms with Crippen LogP contribution in [0.3, 0.4) is 0 Å². The fourth-order valence-corrected chi connectivity index (χ4v) is 1.75. The monoisotopic (exact) mass is 278 g/mol. The third-order valence-corrected chi connectivity index (χ3v) is 2.63. The third-order valence-electron chi connectivity index (χ3n) is 2.39. The first-order valence-electron chi connectivity index (χ1n) is 5.48. The summed E-state index contributed by atoms with van der Waals surface area (Å²) in [6.45, 7) is 3.50. The van der Waals surface area contributed by atoms with E-state index in [1.54, 1.807) is 25.1 Å². The van der Waals surface area contributed by atoms with E-state index in [4.69, 9.17) is 21.4 Å². The topological polar surface area (TPSA) is 72.3 Å². The molecule has 1 aromatic heterocycles. The van der Waals surface area contributed by atoms with Crippen LogP contribution in [0.15, 0.2) is 24.3 Å². The van der Waals surface area contributed by atoms with Crippen LogP contribution in [-0.2, 0) is 0 Å². The fourth-order valence-electron chi connectivity index (χ4n) is 1.52. The molecule has 2 rings (SSSR count). The van der Waals surface area contributed by atoms with Gasteiger partial charge in [0, 0.05) is 10.7 Å². The quantitative estimate of drug-likeness (QED) is 0.933. The largest absolute Gasteiger partial charge is 0.477 e. The van der Waals surface area contributed by atoms with Gasteiger partial charge in [-0.05, 0) is 43.7 Å². The van der Waals surface area contributed by atoms with Crippen molar-refractivity contribution in [2.45, 2.75) is 13.8 Å². The van der Waals surface area contributed by atoms with Crippen LogP contribution in [0.1, 0.15) is 21.7 Å². The summed E-state index contributed by atoms with van der Waals surface area (Å²) in [5.41, 5.74) is 1.23. The lowest BCUT2D eigenvalue weighted by Crippen LogP contribution is -2.04. The summed E-state index contributed by atoms with van der Waals surface area (Å²) in [7, 11) is 0. The number of rotatable bonds is 3. The van der Waals surface area contributed by atoms with E-state index in [1.807, 2.05) is 6.92 Å². The number of hydrogen-bond acceptors (Lipinski definition) is 4. The minimum atomic E-state index is -1.12. The van der Waals surface area contributed by atoms with Gasteiger partial charge in [0.15, 0.2) is 5.69 Å². The van der Waals surface area contributed by atoms with E-state index in [0.29, 0.717) is 16.5 Å². The molecule has 5 nitrogen and oxygen atoms in total. The van der Waals surface area contributed by atoms with Crippen molar-refractivity contribution in [3.05, 3.63) is 46.2 Å². The molecule has 0 aliphatic rings. The number of carboxylic acids is 1. The molecule has 0 aliphatic heterocycles. The van der Waals surface area contributed by atoms with E-state index in [0.717, 1.165) is 5.56 Å². The Kier molecular flexibility index (Phi) is 3.66. The number of aromatic carboxylic acids is 1. The first kappa shape index (κ1) is 13.3. The van der Waals surface area contributed by atoms with Gasteiger partial charge in [0.1, 0.15) is 5.75 Å². The number of carbonyl (C=O) groups is 1. The number of nitrogens with zero attached hydrogens (tertiary/aromatic N) is 2. The van der Waals surface area contributed by atoms with Gasteiger partial charge in [-0.15, -0.1) is 0 Å². The molecule has 0 atom stereocenters. The molecule has 0 amide bonds. The summed E-state index contributed by atoms with van der Waals surface area (Å²) in [6, 6.07) is 6.49. The molecule has 1 heterocycles. The summed E-state index contributed by atoms with van der Waals surface area (Å²) in [4.78, 5) is 18.8. The van der Waals surface area contributed by atoms with Gasteiger partial charge in [0.2, 0.25) is 0 Å². The Labute approximate surface area is 114 Å². The first-order chi connectivity index (χ1) is 8.95. The average molecular weight is 279 g/mol. The Balaban J connectivity index is 2.35. The van der Waals surface area contributed by atoms with Crippen molar-refractivity contribution in [3.8, 4) is 11.8 Å². The van der Waals surface area contributed by atoms with Crippen molar-refractivity contribution < 1.29 is 14.6 Å². The maximum absolute atomic E-state index is 10.9. The normalized spacial score (nSPS) is 10.3. The predicted octanol–water partition coefficient (Wildman–Crippen LogP) is 3.24. The highest BCUT2D eigenvalue weighted by Crippen LogP contribution is 2.25. The van der Waals surface area contributed by atoms with Crippen LogP contribution in [-0.4, -0.2) is 21.0 Å². The maximum atomic E-state index is 10.9. The summed E-state index contributed by atoms with van der Waals surface area (Å²) in [5.74, 6) is -0.588. The van der Waals surface area contributed by atoms with Crippen LogP contribution in [0, 0.1) is 13.8 Å². The van der Waals surface area contributed by atoms with Crippen molar-refractivity contribution in [1.82, 2.24) is 9.97 Å². The van der Waals surface area contributed by atoms with Crippen molar-refractivity contribution in [2.75, 3.05) is 0 Å². The zero-order valence-electron chi connectivity index (χ0n) is 10.3. The van der Waals surface area contributed by atoms with E-state index in [-0.39, 0.29) is 11.7 Å². The van der Waals surface area contributed by atoms with Crippen LogP contribution in [0.2, 0.25) is 5.02 Å². The van der Waals surface area contributed by atoms with E-state index in [1.165, 1.54) is 6.07 Å². The van der Waals surface area contributed by atoms with Crippen LogP contribution >= 0.6 is 11.6 Å². The van der Waals surface area contributed by atoms with Crippen molar-refractivity contribution in [3.63, 3.8) is 0 Å². The summed E-state index contributed by atoms with van der Waals surface area (Å²) < 4.78 is 5.49. The number of halogens is 1. The summed E-state index contributed by atoms with van der Waals surface area (Å²) in [5, 5.41) is 9.53. The second kappa shape index (κ2) is 5.24. The third kappa shape index (κ3) is 3.20. The lowest BCUT2D eigenvalue weighted by molar-refractivity contribution is 0.0689. The minimum Gasteiger partial charge on any atom is -0.477 e. The molecule has 1 aromatic carbocycles. The average Bonchev–Trinajstić information content (AvgIpc) is 2.32. The highest BCUT2D eigenvalue weighted by atomic mass is 35.5. The van der Waals surface area contributed by atoms with Gasteiger partial charge < -0.3 is 9.84 Å². The van der Waals surface area contributed by atoms with Gasteiger partial charge in [-0.3, -0.25) is 0 Å². The Bertz CT molecular complexity index is 644. The SMILES string of the molecule is Cc1cc(C(=O)O)nc(Oc2ccc(Cl)cc2C)n1. The second-order valence-corrected chi connectivity index (χ2v) is 4.43. The molecule has 2 aromatic rings. The molecule has 1 N–H and O–H groups in total. The lowest BCUT2D eigenvalue weighted by Gasteiger charge is -2.08. The standard InChI is InChI=1S/C13H11ClN2O3/c1-7-5-9(14)3-4-11(7)19-13-15-8(2)6-10(16-13)12(17)18/h3-6H,1-2H3,(H,17,18). The van der Waals surface area contributed by atoms with Crippen LogP contribution in [0.5, 0.6) is 11.8 Å². The molecule has 0 saturated heterocycles. The molecule has 6 heteroatoms. The Morgan fingerprint density at radius 3 is 2.63 bits per heavy atom. The van der Waals surface area contributed by atoms with E-state index < -0.39 is 5.97 Å². The molecule has 0 aliphatic carbocycles. The number of aromatic nitrogens is 2. The molecule has 19 heavy (non-hydrogen) atoms. The van der Waals surface area contributed by atoms with Gasteiger partial charge in [-0.2, -0.15) is 4.98 Å². The molecule has 0 saturated carbocycles. The minimum absolute atomic E-state index is 0.00261. The smallest absolute Gasteiger partial charge is 0.354 e. The number of aryl methyl sites for hydroxylation is 2. The Hall–Kier alpha value is -2.14. The van der Waals surface area contributed by atoms with Gasteiger partial charge in [0.05, 0.1) is 0 Å². The van der Waals surface area contributed by atoms with Crippen molar-refractivity contribution >= 4 is 17.6 Å². The summed E-state index contributed by atoms with van der Waals surface area (Å²) >= 11 is 5.85. The van der Waals surface area contributed by atoms with Gasteiger partial charge >= 0.3 is 12.0 Å². The van der Waals surface area contributed by atoms with Crippen LogP contribution in [0.4, 0.5) is 0 Å². The van der Waals surface area contributed by atoms with E-state index in [9.17, 15) is 4.79 Å². The van der Waals surface area contributed by atoms with E-state index >= 15 is 0 Å². The molecule has 0 bridgehead atoms. The van der Waals surface area contributed by atoms with Gasteiger partial charge in [0.25, 0.3) is 0 Å². The maximum Gasteiger partial charge on any atom is 0.354 e. The molecule has 0 spiro atoms. The molecular formula is C13H11ClN2O3. The van der Waals surface area contributed by atoms with Gasteiger partial charge in [-0.1, -0.05) is 11.6 Å². The molecule has 0 unspecified atom stereocenters. The fraction of sp³-hybridized carbons (Fsp3) is 0.154. The van der Waals surface area contributed by atoms with Crippen molar-refractivity contribution in [2.24, 2.45) is 0 Å². The zero-order valence-corrected chi connectivity index (χ0v) is 11.1. The molecule has 0 fully saturated rings. The highest BCUT2D eigenvalue weighted by molar-refractivity contribution is 6.30. The Morgan fingerprint density at radius 1 is 1.26 bits per heavy atom. The number of benzene rings is 1. The number of ether oxygens (including phenoxy) is 1. The summed E-state index contributed by atoms with van der Waals surface area (Å²) in [6.07, 6.45) is 0. The predicted molar refractivity (Wildman–Crippen MR) is 70.0 cm³/mol. The molecule has 98 valence electrons. The number of carboxylic acid groups (broad SMARTS) is 1. The zero-order chi connectivity index (χ0) is 14.0. The van der Waals surface area contributed by atoms with Crippen LogP contribution < -0.4 is 4.74 Å². The van der Waals surface area contributed by atoms with Crippen molar-refractivity contribution in [1.29, 1.82) is 0 Å². The lowest BCUT2D eigenvalue weighted by atomic mass is 10.2. The van der Waals surface area contributed by atoms with Crippen LogP contribution in [0.25, 0.3) is 0 Å². The highest BCUT2D eigenvalue weighted by Gasteiger charge is 2.11. The van der Waals surface area contributed by atoms with E-state index in [2.05, 4.69) is 9.97 Å². The van der Waals surface area contributed by atoms with Gasteiger partial charge in [-0.25, -0.2) is 9.78 Å². The molecular weight excluding hydrogens is 268 g/mol. The molecule has 0 radical (unpaired) electrons. The second-order valence-electron chi connectivity index (χ2n) is 3.99.